The van der Waals surface area contributed by atoms with Crippen molar-refractivity contribution >= 4 is 28.5 Å². The number of aromatic nitrogens is 1. The van der Waals surface area contributed by atoms with Gasteiger partial charge in [-0.15, -0.1) is 0 Å². The minimum absolute atomic E-state index is 0.251. The molecule has 0 aliphatic heterocycles. The molecule has 4 nitrogen and oxygen atoms in total. The predicted octanol–water partition coefficient (Wildman–Crippen LogP) is 4.58. The van der Waals surface area contributed by atoms with Crippen LogP contribution in [0.3, 0.4) is 0 Å². The number of nitrogens with zero attached hydrogens (tertiary/aromatic N) is 1. The highest BCUT2D eigenvalue weighted by Crippen LogP contribution is 2.29. The molecule has 0 saturated carbocycles. The minimum Gasteiger partial charge on any atom is -0.415 e. The van der Waals surface area contributed by atoms with Crippen molar-refractivity contribution in [1.82, 2.24) is 4.98 Å². The van der Waals surface area contributed by atoms with Gasteiger partial charge in [-0.3, -0.25) is 0 Å². The molecular formula is C13H8ClF3N2O2. The summed E-state index contributed by atoms with van der Waals surface area (Å²) in [5, 5.41) is 2.81. The van der Waals surface area contributed by atoms with E-state index in [9.17, 15) is 18.0 Å². The zero-order chi connectivity index (χ0) is 15.5. The van der Waals surface area contributed by atoms with Gasteiger partial charge in [-0.1, -0.05) is 0 Å². The zero-order valence-corrected chi connectivity index (χ0v) is 11.1. The molecule has 0 fully saturated rings. The number of hydrogen-bond acceptors (Lipinski definition) is 4. The van der Waals surface area contributed by atoms with Crippen LogP contribution in [0.5, 0.6) is 5.75 Å². The first-order valence-electron chi connectivity index (χ1n) is 5.62. The number of anilines is 2. The number of halogens is 4. The molecule has 0 saturated heterocycles. The summed E-state index contributed by atoms with van der Waals surface area (Å²) in [6.45, 7) is 0. The van der Waals surface area contributed by atoms with Crippen LogP contribution in [0.15, 0.2) is 42.6 Å². The van der Waals surface area contributed by atoms with Gasteiger partial charge >= 0.3 is 11.6 Å². The molecular weight excluding hydrogens is 309 g/mol. The van der Waals surface area contributed by atoms with E-state index in [1.807, 2.05) is 0 Å². The lowest BCUT2D eigenvalue weighted by atomic mass is 10.2. The Hall–Kier alpha value is -2.28. The van der Waals surface area contributed by atoms with Gasteiger partial charge in [0, 0.05) is 23.5 Å². The second-order valence-corrected chi connectivity index (χ2v) is 4.23. The van der Waals surface area contributed by atoms with E-state index in [0.717, 1.165) is 12.3 Å². The summed E-state index contributed by atoms with van der Waals surface area (Å²) in [4.78, 5) is 14.2. The third-order valence-electron chi connectivity index (χ3n) is 2.42. The summed E-state index contributed by atoms with van der Waals surface area (Å²) >= 11 is 5.05. The first kappa shape index (κ1) is 15.1. The smallest absolute Gasteiger partial charge is 0.415 e. The van der Waals surface area contributed by atoms with E-state index < -0.39 is 17.2 Å². The topological polar surface area (TPSA) is 51.2 Å². The maximum absolute atomic E-state index is 12.4. The SMILES string of the molecule is O=C(Cl)Oc1ccc(Nc2ccc(C(F)(F)F)cn2)cc1. The Kier molecular flexibility index (Phi) is 4.32. The maximum Gasteiger partial charge on any atom is 0.417 e. The molecule has 1 aromatic carbocycles. The van der Waals surface area contributed by atoms with Crippen LogP contribution in [0.4, 0.5) is 29.5 Å². The Balaban J connectivity index is 2.06. The largest absolute Gasteiger partial charge is 0.417 e. The number of ether oxygens (including phenoxy) is 1. The lowest BCUT2D eigenvalue weighted by Gasteiger charge is -2.09. The highest BCUT2D eigenvalue weighted by Gasteiger charge is 2.30. The van der Waals surface area contributed by atoms with E-state index in [1.165, 1.54) is 18.2 Å². The van der Waals surface area contributed by atoms with Gasteiger partial charge < -0.3 is 10.1 Å². The third-order valence-corrected chi connectivity index (χ3v) is 2.49. The average molecular weight is 317 g/mol. The molecule has 0 aliphatic rings. The van der Waals surface area contributed by atoms with Gasteiger partial charge in [-0.05, 0) is 36.4 Å². The lowest BCUT2D eigenvalue weighted by Crippen LogP contribution is -2.05. The van der Waals surface area contributed by atoms with Gasteiger partial charge in [0.05, 0.1) is 5.56 Å². The molecule has 0 bridgehead atoms. The number of alkyl halides is 3. The molecule has 0 amide bonds. The highest BCUT2D eigenvalue weighted by atomic mass is 35.5. The van der Waals surface area contributed by atoms with Crippen molar-refractivity contribution < 1.29 is 22.7 Å². The summed E-state index contributed by atoms with van der Waals surface area (Å²) in [5.41, 5.74) is -1.21. The summed E-state index contributed by atoms with van der Waals surface area (Å²) in [6, 6.07) is 8.23. The fraction of sp³-hybridized carbons (Fsp3) is 0.0769. The molecule has 0 atom stereocenters. The van der Waals surface area contributed by atoms with Crippen LogP contribution < -0.4 is 10.1 Å². The molecule has 110 valence electrons. The molecule has 2 rings (SSSR count). The van der Waals surface area contributed by atoms with Crippen LogP contribution in [0.2, 0.25) is 0 Å². The Morgan fingerprint density at radius 3 is 2.29 bits per heavy atom. The molecule has 0 unspecified atom stereocenters. The highest BCUT2D eigenvalue weighted by molar-refractivity contribution is 6.61. The molecule has 8 heteroatoms. The molecule has 0 aliphatic carbocycles. The first-order chi connectivity index (χ1) is 9.84. The van der Waals surface area contributed by atoms with Crippen molar-refractivity contribution in [2.45, 2.75) is 6.18 Å². The van der Waals surface area contributed by atoms with Crippen molar-refractivity contribution in [2.75, 3.05) is 5.32 Å². The second kappa shape index (κ2) is 6.01. The summed E-state index contributed by atoms with van der Waals surface area (Å²) in [5.74, 6) is 0.506. The van der Waals surface area contributed by atoms with Crippen LogP contribution in [-0.2, 0) is 6.18 Å². The molecule has 1 aromatic heterocycles. The van der Waals surface area contributed by atoms with Gasteiger partial charge in [0.2, 0.25) is 0 Å². The van der Waals surface area contributed by atoms with Crippen LogP contribution in [0.1, 0.15) is 5.56 Å². The summed E-state index contributed by atoms with van der Waals surface area (Å²) in [6.07, 6.45) is -3.68. The number of rotatable bonds is 3. The van der Waals surface area contributed by atoms with Crippen molar-refractivity contribution in [3.8, 4) is 5.75 Å². The number of nitrogens with one attached hydrogen (secondary N) is 1. The number of pyridine rings is 1. The molecule has 1 N–H and O–H groups in total. The van der Waals surface area contributed by atoms with E-state index in [0.29, 0.717) is 5.69 Å². The number of benzene rings is 1. The van der Waals surface area contributed by atoms with E-state index >= 15 is 0 Å². The average Bonchev–Trinajstić information content (AvgIpc) is 2.40. The van der Waals surface area contributed by atoms with E-state index in [2.05, 4.69) is 15.0 Å². The Morgan fingerprint density at radius 2 is 1.81 bits per heavy atom. The van der Waals surface area contributed by atoms with Gasteiger partial charge in [-0.2, -0.15) is 13.2 Å². The number of hydrogen-bond donors (Lipinski definition) is 1. The minimum atomic E-state index is -4.42. The monoisotopic (exact) mass is 316 g/mol. The first-order valence-corrected chi connectivity index (χ1v) is 6.00. The molecule has 0 spiro atoms. The predicted molar refractivity (Wildman–Crippen MR) is 70.8 cm³/mol. The Labute approximate surface area is 122 Å². The lowest BCUT2D eigenvalue weighted by molar-refractivity contribution is -0.137. The third kappa shape index (κ3) is 4.35. The van der Waals surface area contributed by atoms with Gasteiger partial charge in [-0.25, -0.2) is 9.78 Å². The Bertz CT molecular complexity index is 627. The molecule has 0 radical (unpaired) electrons. The van der Waals surface area contributed by atoms with E-state index in [-0.39, 0.29) is 11.6 Å². The van der Waals surface area contributed by atoms with Crippen LogP contribution in [0, 0.1) is 0 Å². The fourth-order valence-electron chi connectivity index (χ4n) is 1.48. The maximum atomic E-state index is 12.4. The van der Waals surface area contributed by atoms with Crippen molar-refractivity contribution in [3.63, 3.8) is 0 Å². The second-order valence-electron chi connectivity index (χ2n) is 3.92. The van der Waals surface area contributed by atoms with Gasteiger partial charge in [0.1, 0.15) is 11.6 Å². The molecule has 1 heterocycles. The van der Waals surface area contributed by atoms with Crippen LogP contribution in [0.25, 0.3) is 0 Å². The van der Waals surface area contributed by atoms with Gasteiger partial charge in [0.25, 0.3) is 0 Å². The summed E-state index contributed by atoms with van der Waals surface area (Å²) in [7, 11) is 0. The molecule has 2 aromatic rings. The normalized spacial score (nSPS) is 11.0. The van der Waals surface area contributed by atoms with Crippen LogP contribution >= 0.6 is 11.6 Å². The van der Waals surface area contributed by atoms with Gasteiger partial charge in [0.15, 0.2) is 0 Å². The van der Waals surface area contributed by atoms with E-state index in [4.69, 9.17) is 11.6 Å². The zero-order valence-electron chi connectivity index (χ0n) is 10.3. The van der Waals surface area contributed by atoms with Crippen molar-refractivity contribution in [1.29, 1.82) is 0 Å². The Morgan fingerprint density at radius 1 is 1.14 bits per heavy atom. The van der Waals surface area contributed by atoms with Crippen molar-refractivity contribution in [3.05, 3.63) is 48.2 Å². The quantitative estimate of drug-likeness (QED) is 0.842. The van der Waals surface area contributed by atoms with Crippen molar-refractivity contribution in [2.24, 2.45) is 0 Å². The number of carbonyl (C=O) groups excluding carboxylic acids is 1. The number of carbonyl (C=O) groups is 1. The molecule has 21 heavy (non-hydrogen) atoms. The standard InChI is InChI=1S/C13H8ClF3N2O2/c14-12(20)21-10-4-2-9(3-5-10)19-11-6-1-8(7-18-11)13(15,16)17/h1-7H,(H,18,19). The van der Waals surface area contributed by atoms with E-state index in [1.54, 1.807) is 12.1 Å². The summed E-state index contributed by atoms with van der Waals surface area (Å²) < 4.78 is 41.8. The van der Waals surface area contributed by atoms with Crippen LogP contribution in [-0.4, -0.2) is 10.4 Å². The fourth-order valence-corrected chi connectivity index (χ4v) is 1.57.